The van der Waals surface area contributed by atoms with Crippen molar-refractivity contribution in [3.05, 3.63) is 30.1 Å². The lowest BCUT2D eigenvalue weighted by Crippen LogP contribution is -2.70. The van der Waals surface area contributed by atoms with Gasteiger partial charge in [-0.3, -0.25) is 19.5 Å². The predicted octanol–water partition coefficient (Wildman–Crippen LogP) is -1.03. The number of fused-ring (bicyclic) bond motifs is 1. The lowest BCUT2D eigenvalue weighted by Gasteiger charge is -2.45. The summed E-state index contributed by atoms with van der Waals surface area (Å²) in [5.74, 6) is -0.381. The lowest BCUT2D eigenvalue weighted by atomic mass is 10.0. The molecule has 2 fully saturated rings. The molecule has 0 bridgehead atoms. The summed E-state index contributed by atoms with van der Waals surface area (Å²) in [6.07, 6.45) is 2.61. The molecular weight excluding hydrogens is 284 g/mol. The maximum Gasteiger partial charge on any atom is 0.248 e. The summed E-state index contributed by atoms with van der Waals surface area (Å²) in [5, 5.41) is 12.3. The molecule has 2 aliphatic heterocycles. The van der Waals surface area contributed by atoms with E-state index in [1.165, 1.54) is 6.92 Å². The van der Waals surface area contributed by atoms with Gasteiger partial charge in [0.25, 0.3) is 0 Å². The highest BCUT2D eigenvalue weighted by Crippen LogP contribution is 2.19. The molecule has 2 aliphatic rings. The molecule has 0 unspecified atom stereocenters. The Hall–Kier alpha value is -1.99. The van der Waals surface area contributed by atoms with Gasteiger partial charge in [-0.25, -0.2) is 0 Å². The van der Waals surface area contributed by atoms with E-state index in [1.807, 2.05) is 12.1 Å². The number of hydrogen-bond donors (Lipinski definition) is 2. The Morgan fingerprint density at radius 1 is 1.36 bits per heavy atom. The third-order valence-corrected chi connectivity index (χ3v) is 4.25. The molecule has 118 valence electrons. The predicted molar refractivity (Wildman–Crippen MR) is 78.6 cm³/mol. The number of carbonyl (C=O) groups excluding carboxylic acids is 2. The number of amides is 2. The minimum absolute atomic E-state index is 0.190. The fraction of sp³-hybridized carbons (Fsp3) is 0.533. The number of aliphatic hydroxyl groups excluding tert-OH is 1. The van der Waals surface area contributed by atoms with E-state index in [1.54, 1.807) is 17.3 Å². The van der Waals surface area contributed by atoms with E-state index in [4.69, 9.17) is 0 Å². The van der Waals surface area contributed by atoms with Gasteiger partial charge in [-0.05, 0) is 24.6 Å². The van der Waals surface area contributed by atoms with Gasteiger partial charge in [-0.15, -0.1) is 0 Å². The minimum atomic E-state index is -0.882. The average Bonchev–Trinajstić information content (AvgIpc) is 2.51. The minimum Gasteiger partial charge on any atom is -0.391 e. The SMILES string of the molecule is C[C@H](O)[C@H]1NC(=O)[C@H]2CN(Cc3ccncc3)CCN2C1=O. The van der Waals surface area contributed by atoms with Gasteiger partial charge in [-0.1, -0.05) is 0 Å². The summed E-state index contributed by atoms with van der Waals surface area (Å²) in [4.78, 5) is 32.3. The second-order valence-corrected chi connectivity index (χ2v) is 5.86. The van der Waals surface area contributed by atoms with Gasteiger partial charge in [0.2, 0.25) is 11.8 Å². The van der Waals surface area contributed by atoms with Gasteiger partial charge in [0.1, 0.15) is 12.1 Å². The Morgan fingerprint density at radius 2 is 2.09 bits per heavy atom. The zero-order chi connectivity index (χ0) is 15.7. The Labute approximate surface area is 128 Å². The normalized spacial score (nSPS) is 27.3. The third kappa shape index (κ3) is 2.82. The molecule has 7 heteroatoms. The Kier molecular flexibility index (Phi) is 4.08. The van der Waals surface area contributed by atoms with Gasteiger partial charge in [0.15, 0.2) is 0 Å². The molecular formula is C15H20N4O3. The largest absolute Gasteiger partial charge is 0.391 e. The number of aliphatic hydroxyl groups is 1. The van der Waals surface area contributed by atoms with Gasteiger partial charge in [0, 0.05) is 38.6 Å². The van der Waals surface area contributed by atoms with Gasteiger partial charge < -0.3 is 15.3 Å². The summed E-state index contributed by atoms with van der Waals surface area (Å²) in [7, 11) is 0. The van der Waals surface area contributed by atoms with Gasteiger partial charge >= 0.3 is 0 Å². The van der Waals surface area contributed by atoms with E-state index in [9.17, 15) is 14.7 Å². The first-order valence-corrected chi connectivity index (χ1v) is 7.46. The first-order chi connectivity index (χ1) is 10.6. The molecule has 22 heavy (non-hydrogen) atoms. The molecule has 2 saturated heterocycles. The van der Waals surface area contributed by atoms with Crippen LogP contribution in [0.1, 0.15) is 12.5 Å². The molecule has 1 aromatic heterocycles. The molecule has 3 rings (SSSR count). The second kappa shape index (κ2) is 6.02. The van der Waals surface area contributed by atoms with Crippen molar-refractivity contribution in [1.29, 1.82) is 0 Å². The van der Waals surface area contributed by atoms with Gasteiger partial charge in [-0.2, -0.15) is 0 Å². The van der Waals surface area contributed by atoms with E-state index in [0.29, 0.717) is 19.6 Å². The second-order valence-electron chi connectivity index (χ2n) is 5.86. The highest BCUT2D eigenvalue weighted by atomic mass is 16.3. The molecule has 7 nitrogen and oxygen atoms in total. The number of rotatable bonds is 3. The van der Waals surface area contributed by atoms with Crippen LogP contribution >= 0.6 is 0 Å². The molecule has 0 aliphatic carbocycles. The van der Waals surface area contributed by atoms with E-state index >= 15 is 0 Å². The maximum atomic E-state index is 12.3. The zero-order valence-electron chi connectivity index (χ0n) is 12.5. The standard InChI is InChI=1S/C15H20N4O3/c1-10(20)13-15(22)19-7-6-18(9-12(19)14(21)17-13)8-11-2-4-16-5-3-11/h2-5,10,12-13,20H,6-9H2,1H3,(H,17,21)/t10-,12+,13+/m0/s1. The molecule has 2 N–H and O–H groups in total. The summed E-state index contributed by atoms with van der Waals surface area (Å²) in [6, 6.07) is 2.60. The van der Waals surface area contributed by atoms with Crippen LogP contribution in [0.5, 0.6) is 0 Å². The molecule has 3 atom stereocenters. The molecule has 0 aromatic carbocycles. The molecule has 0 radical (unpaired) electrons. The number of nitrogens with one attached hydrogen (secondary N) is 1. The monoisotopic (exact) mass is 304 g/mol. The van der Waals surface area contributed by atoms with Crippen molar-refractivity contribution < 1.29 is 14.7 Å². The number of nitrogens with zero attached hydrogens (tertiary/aromatic N) is 3. The van der Waals surface area contributed by atoms with E-state index in [0.717, 1.165) is 12.1 Å². The number of pyridine rings is 1. The first-order valence-electron chi connectivity index (χ1n) is 7.46. The van der Waals surface area contributed by atoms with Crippen LogP contribution < -0.4 is 5.32 Å². The van der Waals surface area contributed by atoms with Crippen molar-refractivity contribution in [2.75, 3.05) is 19.6 Å². The van der Waals surface area contributed by atoms with Crippen molar-refractivity contribution in [3.63, 3.8) is 0 Å². The molecule has 0 spiro atoms. The van der Waals surface area contributed by atoms with Crippen molar-refractivity contribution in [2.24, 2.45) is 0 Å². The smallest absolute Gasteiger partial charge is 0.248 e. The highest BCUT2D eigenvalue weighted by Gasteiger charge is 2.44. The summed E-state index contributed by atoms with van der Waals surface area (Å²) in [5.41, 5.74) is 1.13. The summed E-state index contributed by atoms with van der Waals surface area (Å²) in [6.45, 7) is 3.97. The van der Waals surface area contributed by atoms with Crippen LogP contribution in [0.2, 0.25) is 0 Å². The van der Waals surface area contributed by atoms with E-state index < -0.39 is 18.2 Å². The molecule has 1 aromatic rings. The molecule has 2 amide bonds. The molecule has 3 heterocycles. The lowest BCUT2D eigenvalue weighted by molar-refractivity contribution is -0.156. The van der Waals surface area contributed by atoms with Gasteiger partial charge in [0.05, 0.1) is 6.10 Å². The average molecular weight is 304 g/mol. The van der Waals surface area contributed by atoms with Crippen LogP contribution in [0.15, 0.2) is 24.5 Å². The quantitative estimate of drug-likeness (QED) is 0.746. The van der Waals surface area contributed by atoms with Crippen LogP contribution in [0.4, 0.5) is 0 Å². The van der Waals surface area contributed by atoms with Crippen molar-refractivity contribution in [2.45, 2.75) is 31.7 Å². The Bertz CT molecular complexity index is 563. The van der Waals surface area contributed by atoms with Crippen molar-refractivity contribution in [3.8, 4) is 0 Å². The fourth-order valence-electron chi connectivity index (χ4n) is 3.03. The van der Waals surface area contributed by atoms with Crippen molar-refractivity contribution in [1.82, 2.24) is 20.1 Å². The first kappa shape index (κ1) is 14.9. The fourth-order valence-corrected chi connectivity index (χ4v) is 3.03. The zero-order valence-corrected chi connectivity index (χ0v) is 12.5. The highest BCUT2D eigenvalue weighted by molar-refractivity contribution is 5.97. The number of carbonyl (C=O) groups is 2. The van der Waals surface area contributed by atoms with Crippen LogP contribution in [0.3, 0.4) is 0 Å². The Morgan fingerprint density at radius 3 is 2.77 bits per heavy atom. The number of piperazine rings is 2. The van der Waals surface area contributed by atoms with Crippen LogP contribution in [0.25, 0.3) is 0 Å². The molecule has 0 saturated carbocycles. The maximum absolute atomic E-state index is 12.3. The van der Waals surface area contributed by atoms with Crippen LogP contribution in [-0.4, -0.2) is 69.5 Å². The van der Waals surface area contributed by atoms with E-state index in [-0.39, 0.29) is 11.8 Å². The van der Waals surface area contributed by atoms with Crippen molar-refractivity contribution >= 4 is 11.8 Å². The summed E-state index contributed by atoms with van der Waals surface area (Å²) >= 11 is 0. The van der Waals surface area contributed by atoms with Crippen LogP contribution in [-0.2, 0) is 16.1 Å². The van der Waals surface area contributed by atoms with Crippen LogP contribution in [0, 0.1) is 0 Å². The number of aromatic nitrogens is 1. The van der Waals surface area contributed by atoms with E-state index in [2.05, 4.69) is 15.2 Å². The summed E-state index contributed by atoms with van der Waals surface area (Å²) < 4.78 is 0. The topological polar surface area (TPSA) is 85.8 Å². The number of hydrogen-bond acceptors (Lipinski definition) is 5. The Balaban J connectivity index is 1.68. The third-order valence-electron chi connectivity index (χ3n) is 4.25.